The zero-order chi connectivity index (χ0) is 22.1. The Morgan fingerprint density at radius 1 is 1.07 bits per heavy atom. The van der Waals surface area contributed by atoms with Gasteiger partial charge >= 0.3 is 13.7 Å². The van der Waals surface area contributed by atoms with Crippen LogP contribution in [0.15, 0.2) is 54.6 Å². The minimum atomic E-state index is -4.04. The van der Waals surface area contributed by atoms with E-state index in [9.17, 15) is 19.5 Å². The molecule has 2 aromatic carbocycles. The van der Waals surface area contributed by atoms with Crippen molar-refractivity contribution in [2.24, 2.45) is 0 Å². The van der Waals surface area contributed by atoms with E-state index in [0.29, 0.717) is 0 Å². The van der Waals surface area contributed by atoms with Gasteiger partial charge in [-0.2, -0.15) is 5.09 Å². The number of rotatable bonds is 11. The fourth-order valence-electron chi connectivity index (χ4n) is 2.16. The van der Waals surface area contributed by atoms with Crippen molar-refractivity contribution >= 4 is 19.4 Å². The highest BCUT2D eigenvalue weighted by molar-refractivity contribution is 7.52. The maximum atomic E-state index is 13.2. The number of para-hydroxylation sites is 1. The van der Waals surface area contributed by atoms with Crippen LogP contribution in [0.25, 0.3) is 0 Å². The Morgan fingerprint density at radius 3 is 2.27 bits per heavy atom. The highest BCUT2D eigenvalue weighted by Gasteiger charge is 2.32. The van der Waals surface area contributed by atoms with Gasteiger partial charge in [0.05, 0.1) is 11.0 Å². The van der Waals surface area contributed by atoms with Crippen LogP contribution in [0.2, 0.25) is 0 Å². The Kier molecular flexibility index (Phi) is 8.35. The Labute approximate surface area is 173 Å². The third-order valence-corrected chi connectivity index (χ3v) is 5.12. The molecular formula is C19H23N2O8P. The lowest BCUT2D eigenvalue weighted by Crippen LogP contribution is -2.36. The monoisotopic (exact) mass is 438 g/mol. The lowest BCUT2D eigenvalue weighted by Gasteiger charge is -2.23. The maximum absolute atomic E-state index is 13.2. The van der Waals surface area contributed by atoms with Gasteiger partial charge in [0.15, 0.2) is 6.79 Å². The van der Waals surface area contributed by atoms with E-state index in [4.69, 9.17) is 18.5 Å². The molecule has 2 atom stereocenters. The number of benzene rings is 2. The number of hydrogen-bond acceptors (Lipinski definition) is 8. The first-order chi connectivity index (χ1) is 14.2. The van der Waals surface area contributed by atoms with Crippen LogP contribution in [-0.2, 0) is 18.6 Å². The van der Waals surface area contributed by atoms with E-state index in [-0.39, 0.29) is 23.3 Å². The van der Waals surface area contributed by atoms with Gasteiger partial charge in [0.25, 0.3) is 5.69 Å². The summed E-state index contributed by atoms with van der Waals surface area (Å²) in [5.74, 6) is -0.103. The molecule has 0 aliphatic carbocycles. The highest BCUT2D eigenvalue weighted by atomic mass is 31.2. The summed E-state index contributed by atoms with van der Waals surface area (Å²) >= 11 is 0. The molecule has 2 rings (SSSR count). The molecule has 0 radical (unpaired) electrons. The van der Waals surface area contributed by atoms with Crippen LogP contribution in [-0.4, -0.2) is 29.8 Å². The first-order valence-electron chi connectivity index (χ1n) is 9.03. The number of carbonyl (C=O) groups excluding carboxylic acids is 1. The Hall–Kier alpha value is -2.94. The number of nitrogens with zero attached hydrogens (tertiary/aromatic N) is 1. The quantitative estimate of drug-likeness (QED) is 0.182. The van der Waals surface area contributed by atoms with Crippen LogP contribution >= 0.6 is 7.75 Å². The smallest absolute Gasteiger partial charge is 0.462 e. The first kappa shape index (κ1) is 23.3. The first-order valence-corrected chi connectivity index (χ1v) is 10.6. The lowest BCUT2D eigenvalue weighted by atomic mass is 10.3. The Bertz CT molecular complexity index is 889. The van der Waals surface area contributed by atoms with Crippen molar-refractivity contribution in [2.45, 2.75) is 32.9 Å². The lowest BCUT2D eigenvalue weighted by molar-refractivity contribution is -0.384. The molecule has 0 amide bonds. The van der Waals surface area contributed by atoms with Crippen LogP contribution in [0.5, 0.6) is 11.5 Å². The van der Waals surface area contributed by atoms with Crippen LogP contribution in [0, 0.1) is 10.1 Å². The molecular weight excluding hydrogens is 415 g/mol. The van der Waals surface area contributed by atoms with Crippen LogP contribution in [0.3, 0.4) is 0 Å². The van der Waals surface area contributed by atoms with E-state index in [1.807, 2.05) is 0 Å². The second-order valence-corrected chi connectivity index (χ2v) is 8.07. The van der Waals surface area contributed by atoms with E-state index >= 15 is 0 Å². The number of nitro groups is 1. The molecule has 0 fully saturated rings. The summed E-state index contributed by atoms with van der Waals surface area (Å²) in [4.78, 5) is 22.2. The van der Waals surface area contributed by atoms with E-state index in [0.717, 1.165) is 0 Å². The predicted molar refractivity (Wildman–Crippen MR) is 108 cm³/mol. The number of non-ortho nitro benzene ring substituents is 1. The number of hydrogen-bond donors (Lipinski definition) is 1. The van der Waals surface area contributed by atoms with Gasteiger partial charge in [-0.3, -0.25) is 14.9 Å². The summed E-state index contributed by atoms with van der Waals surface area (Å²) < 4.78 is 34.4. The molecule has 0 bridgehead atoms. The molecule has 0 saturated carbocycles. The van der Waals surface area contributed by atoms with Crippen molar-refractivity contribution in [1.29, 1.82) is 0 Å². The van der Waals surface area contributed by atoms with E-state index in [2.05, 4.69) is 5.09 Å². The largest absolute Gasteiger partial charge is 0.467 e. The molecule has 1 unspecified atom stereocenters. The Balaban J connectivity index is 2.05. The van der Waals surface area contributed by atoms with Crippen LogP contribution in [0.4, 0.5) is 5.69 Å². The average molecular weight is 438 g/mol. The van der Waals surface area contributed by atoms with Gasteiger partial charge in [0.1, 0.15) is 17.5 Å². The number of ether oxygens (including phenoxy) is 2. The average Bonchev–Trinajstić information content (AvgIpc) is 2.68. The van der Waals surface area contributed by atoms with Gasteiger partial charge in [-0.25, -0.2) is 9.09 Å². The van der Waals surface area contributed by atoms with Gasteiger partial charge < -0.3 is 14.0 Å². The van der Waals surface area contributed by atoms with Gasteiger partial charge in [-0.1, -0.05) is 18.2 Å². The van der Waals surface area contributed by atoms with Gasteiger partial charge in [-0.05, 0) is 45.0 Å². The summed E-state index contributed by atoms with van der Waals surface area (Å²) in [5.41, 5.74) is -0.0968. The molecule has 0 heterocycles. The van der Waals surface area contributed by atoms with Crippen molar-refractivity contribution in [3.8, 4) is 11.5 Å². The van der Waals surface area contributed by atoms with Gasteiger partial charge in [-0.15, -0.1) is 0 Å². The maximum Gasteiger partial charge on any atom is 0.462 e. The van der Waals surface area contributed by atoms with Crippen molar-refractivity contribution < 1.29 is 32.8 Å². The van der Waals surface area contributed by atoms with Gasteiger partial charge in [0, 0.05) is 12.1 Å². The number of nitrogens with one attached hydrogen (secondary N) is 1. The second kappa shape index (κ2) is 10.7. The molecule has 162 valence electrons. The standard InChI is InChI=1S/C19H23N2O8P/c1-14(2)28-19(22)15(3)20-30(25,29-18-7-5-4-6-8-18)27-13-26-17-11-9-16(10-12-17)21(23)24/h4-12,14-15H,13H2,1-3H3,(H,20,25)/t15-,30?/m0/s1. The number of esters is 1. The minimum absolute atomic E-state index is 0.0968. The molecule has 0 spiro atoms. The molecule has 0 aliphatic rings. The van der Waals surface area contributed by atoms with Crippen LogP contribution < -0.4 is 14.3 Å². The number of nitro benzene ring substituents is 1. The molecule has 0 aliphatic heterocycles. The third kappa shape index (κ3) is 7.47. The topological polar surface area (TPSA) is 126 Å². The second-order valence-electron chi connectivity index (χ2n) is 6.38. The zero-order valence-corrected chi connectivity index (χ0v) is 17.6. The molecule has 11 heteroatoms. The van der Waals surface area contributed by atoms with Crippen molar-refractivity contribution in [3.63, 3.8) is 0 Å². The fourth-order valence-corrected chi connectivity index (χ4v) is 3.51. The summed E-state index contributed by atoms with van der Waals surface area (Å²) in [5, 5.41) is 13.2. The molecule has 1 N–H and O–H groups in total. The van der Waals surface area contributed by atoms with Crippen molar-refractivity contribution in [2.75, 3.05) is 6.79 Å². The normalized spacial score (nSPS) is 13.9. The summed E-state index contributed by atoms with van der Waals surface area (Å²) in [6, 6.07) is 12.6. The van der Waals surface area contributed by atoms with E-state index < -0.39 is 31.5 Å². The molecule has 0 saturated heterocycles. The molecule has 0 aromatic heterocycles. The van der Waals surface area contributed by atoms with Crippen molar-refractivity contribution in [1.82, 2.24) is 5.09 Å². The van der Waals surface area contributed by atoms with Gasteiger partial charge in [0.2, 0.25) is 0 Å². The minimum Gasteiger partial charge on any atom is -0.467 e. The molecule has 10 nitrogen and oxygen atoms in total. The molecule has 30 heavy (non-hydrogen) atoms. The van der Waals surface area contributed by atoms with E-state index in [1.165, 1.54) is 31.2 Å². The fraction of sp³-hybridized carbons (Fsp3) is 0.316. The summed E-state index contributed by atoms with van der Waals surface area (Å²) in [6.45, 7) is 4.35. The van der Waals surface area contributed by atoms with Crippen molar-refractivity contribution in [3.05, 3.63) is 64.7 Å². The Morgan fingerprint density at radius 2 is 1.70 bits per heavy atom. The summed E-state index contributed by atoms with van der Waals surface area (Å²) in [7, 11) is -4.04. The predicted octanol–water partition coefficient (Wildman–Crippen LogP) is 4.06. The highest BCUT2D eigenvalue weighted by Crippen LogP contribution is 2.44. The summed E-state index contributed by atoms with van der Waals surface area (Å²) in [6.07, 6.45) is -0.345. The molecule has 2 aromatic rings. The van der Waals surface area contributed by atoms with Crippen LogP contribution in [0.1, 0.15) is 20.8 Å². The third-order valence-electron chi connectivity index (χ3n) is 3.52. The number of carbonyl (C=O) groups is 1. The SMILES string of the molecule is CC(C)OC(=O)[C@H](C)NP(=O)(OCOc1ccc([N+](=O)[O-])cc1)Oc1ccccc1. The zero-order valence-electron chi connectivity index (χ0n) is 16.7. The van der Waals surface area contributed by atoms with E-state index in [1.54, 1.807) is 44.2 Å².